The van der Waals surface area contributed by atoms with E-state index in [9.17, 15) is 9.59 Å². The Balaban J connectivity index is 1.60. The van der Waals surface area contributed by atoms with Gasteiger partial charge in [-0.1, -0.05) is 25.2 Å². The van der Waals surface area contributed by atoms with Crippen LogP contribution in [0.2, 0.25) is 0 Å². The number of carbonyl (C=O) groups is 2. The zero-order valence-corrected chi connectivity index (χ0v) is 22.5. The van der Waals surface area contributed by atoms with E-state index in [1.54, 1.807) is 6.08 Å². The number of aryl methyl sites for hydroxylation is 1. The van der Waals surface area contributed by atoms with Gasteiger partial charge in [0.05, 0.1) is 24.9 Å². The van der Waals surface area contributed by atoms with Gasteiger partial charge in [-0.25, -0.2) is 4.79 Å². The molecule has 4 rings (SSSR count). The summed E-state index contributed by atoms with van der Waals surface area (Å²) in [6, 6.07) is 3.76. The SMILES string of the molecule is Cc1cc(OCCN2CCOCC2)cc2c1C(=O)O[C@@H](C)[C@H](C)/C=C\C(=O)C1OC(C)(C)O[C@H]1C/C=C/2. The average molecular weight is 514 g/mol. The number of benzene rings is 1. The van der Waals surface area contributed by atoms with E-state index >= 15 is 0 Å². The van der Waals surface area contributed by atoms with Gasteiger partial charge in [0.15, 0.2) is 11.6 Å². The molecule has 0 aliphatic carbocycles. The minimum atomic E-state index is -0.853. The summed E-state index contributed by atoms with van der Waals surface area (Å²) < 4.78 is 29.3. The lowest BCUT2D eigenvalue weighted by atomic mass is 9.98. The monoisotopic (exact) mass is 513 g/mol. The number of morpholine rings is 1. The number of carbonyl (C=O) groups excluding carboxylic acids is 2. The first-order valence-electron chi connectivity index (χ1n) is 13.2. The molecule has 0 bridgehead atoms. The average Bonchev–Trinajstić information content (AvgIpc) is 3.16. The van der Waals surface area contributed by atoms with Gasteiger partial charge < -0.3 is 23.7 Å². The van der Waals surface area contributed by atoms with Gasteiger partial charge in [0.2, 0.25) is 0 Å². The summed E-state index contributed by atoms with van der Waals surface area (Å²) in [7, 11) is 0. The second-order valence-corrected chi connectivity index (χ2v) is 10.5. The van der Waals surface area contributed by atoms with Crippen LogP contribution < -0.4 is 4.74 Å². The number of ketones is 1. The first-order valence-corrected chi connectivity index (χ1v) is 13.2. The van der Waals surface area contributed by atoms with Crippen molar-refractivity contribution < 1.29 is 33.3 Å². The van der Waals surface area contributed by atoms with Crippen LogP contribution in [0.5, 0.6) is 5.75 Å². The van der Waals surface area contributed by atoms with Crippen molar-refractivity contribution in [1.29, 1.82) is 0 Å². The lowest BCUT2D eigenvalue weighted by molar-refractivity contribution is -0.152. The first-order chi connectivity index (χ1) is 17.6. The number of esters is 1. The summed E-state index contributed by atoms with van der Waals surface area (Å²) in [5, 5.41) is 0. The number of hydrogen-bond donors (Lipinski definition) is 0. The number of ether oxygens (including phenoxy) is 5. The summed E-state index contributed by atoms with van der Waals surface area (Å²) in [5.74, 6) is -0.866. The molecule has 202 valence electrons. The predicted molar refractivity (Wildman–Crippen MR) is 140 cm³/mol. The molecule has 2 fully saturated rings. The second-order valence-electron chi connectivity index (χ2n) is 10.5. The molecule has 0 saturated carbocycles. The molecular weight excluding hydrogens is 474 g/mol. The fraction of sp³-hybridized carbons (Fsp3) is 0.586. The molecule has 4 atom stereocenters. The van der Waals surface area contributed by atoms with Crippen LogP contribution in [0.15, 0.2) is 30.4 Å². The van der Waals surface area contributed by atoms with E-state index in [4.69, 9.17) is 23.7 Å². The zero-order valence-electron chi connectivity index (χ0n) is 22.5. The third kappa shape index (κ3) is 7.08. The Morgan fingerprint density at radius 3 is 2.59 bits per heavy atom. The maximum atomic E-state index is 13.3. The van der Waals surface area contributed by atoms with Crippen LogP contribution >= 0.6 is 0 Å². The van der Waals surface area contributed by atoms with E-state index in [2.05, 4.69) is 4.90 Å². The van der Waals surface area contributed by atoms with Crippen LogP contribution in [0.1, 0.15) is 55.6 Å². The molecule has 0 amide bonds. The molecule has 37 heavy (non-hydrogen) atoms. The maximum absolute atomic E-state index is 13.3. The Hall–Kier alpha value is -2.52. The van der Waals surface area contributed by atoms with Crippen LogP contribution in [-0.2, 0) is 23.7 Å². The molecule has 8 nitrogen and oxygen atoms in total. The van der Waals surface area contributed by atoms with Gasteiger partial charge in [-0.15, -0.1) is 0 Å². The lowest BCUT2D eigenvalue weighted by Gasteiger charge is -2.26. The minimum Gasteiger partial charge on any atom is -0.492 e. The highest BCUT2D eigenvalue weighted by Crippen LogP contribution is 2.32. The Kier molecular flexibility index (Phi) is 8.85. The van der Waals surface area contributed by atoms with Crippen molar-refractivity contribution in [2.75, 3.05) is 39.5 Å². The fourth-order valence-corrected chi connectivity index (χ4v) is 4.80. The van der Waals surface area contributed by atoms with E-state index in [-0.39, 0.29) is 11.7 Å². The van der Waals surface area contributed by atoms with Gasteiger partial charge in [0.25, 0.3) is 0 Å². The molecule has 1 aromatic rings. The highest BCUT2D eigenvalue weighted by atomic mass is 16.8. The third-order valence-corrected chi connectivity index (χ3v) is 7.05. The van der Waals surface area contributed by atoms with Crippen molar-refractivity contribution in [2.24, 2.45) is 5.92 Å². The van der Waals surface area contributed by atoms with Crippen molar-refractivity contribution in [3.8, 4) is 5.75 Å². The molecule has 2 saturated heterocycles. The lowest BCUT2D eigenvalue weighted by Crippen LogP contribution is -2.38. The summed E-state index contributed by atoms with van der Waals surface area (Å²) in [5.41, 5.74) is 2.00. The summed E-state index contributed by atoms with van der Waals surface area (Å²) in [4.78, 5) is 28.5. The zero-order chi connectivity index (χ0) is 26.6. The number of hydrogen-bond acceptors (Lipinski definition) is 8. The quantitative estimate of drug-likeness (QED) is 0.560. The highest BCUT2D eigenvalue weighted by Gasteiger charge is 2.43. The fourth-order valence-electron chi connectivity index (χ4n) is 4.80. The van der Waals surface area contributed by atoms with Gasteiger partial charge in [-0.2, -0.15) is 0 Å². The van der Waals surface area contributed by atoms with E-state index < -0.39 is 30.1 Å². The predicted octanol–water partition coefficient (Wildman–Crippen LogP) is 3.95. The summed E-state index contributed by atoms with van der Waals surface area (Å²) in [6.07, 6.45) is 6.00. The van der Waals surface area contributed by atoms with E-state index in [0.29, 0.717) is 29.9 Å². The standard InChI is InChI=1S/C29H39NO7/c1-19-9-10-24(31)27-25(36-29(4,5)37-27)8-6-7-22-18-23(34-16-13-30-11-14-33-15-12-30)17-20(2)26(22)28(32)35-21(19)3/h6-7,9-10,17-19,21,25,27H,8,11-16H2,1-5H3/b7-6+,10-9-/t19-,21+,25+,27?/m1/s1. The molecule has 0 aromatic heterocycles. The van der Waals surface area contributed by atoms with Gasteiger partial charge >= 0.3 is 5.97 Å². The number of rotatable bonds is 4. The van der Waals surface area contributed by atoms with E-state index in [0.717, 1.165) is 38.4 Å². The van der Waals surface area contributed by atoms with Gasteiger partial charge in [0, 0.05) is 25.6 Å². The topological polar surface area (TPSA) is 83.5 Å². The van der Waals surface area contributed by atoms with Gasteiger partial charge in [-0.05, 0) is 63.5 Å². The normalized spacial score (nSPS) is 30.5. The first kappa shape index (κ1) is 27.5. The molecule has 3 heterocycles. The molecule has 0 radical (unpaired) electrons. The van der Waals surface area contributed by atoms with Crippen molar-refractivity contribution in [3.05, 3.63) is 47.1 Å². The molecule has 3 aliphatic rings. The maximum Gasteiger partial charge on any atom is 0.339 e. The Morgan fingerprint density at radius 2 is 1.84 bits per heavy atom. The summed E-state index contributed by atoms with van der Waals surface area (Å²) >= 11 is 0. The van der Waals surface area contributed by atoms with E-state index in [1.807, 2.05) is 58.9 Å². The summed E-state index contributed by atoms with van der Waals surface area (Å²) in [6.45, 7) is 13.9. The van der Waals surface area contributed by atoms with Crippen molar-refractivity contribution in [3.63, 3.8) is 0 Å². The number of fused-ring (bicyclic) bond motifs is 2. The van der Waals surface area contributed by atoms with Crippen LogP contribution in [0.25, 0.3) is 6.08 Å². The van der Waals surface area contributed by atoms with E-state index in [1.165, 1.54) is 6.08 Å². The third-order valence-electron chi connectivity index (χ3n) is 7.05. The molecule has 0 N–H and O–H groups in total. The van der Waals surface area contributed by atoms with Gasteiger partial charge in [-0.3, -0.25) is 9.69 Å². The smallest absolute Gasteiger partial charge is 0.339 e. The van der Waals surface area contributed by atoms with Gasteiger partial charge in [0.1, 0.15) is 24.6 Å². The Bertz CT molecular complexity index is 1040. The Labute approximate surface area is 219 Å². The minimum absolute atomic E-state index is 0.154. The van der Waals surface area contributed by atoms with Crippen LogP contribution in [-0.4, -0.2) is 80.2 Å². The molecule has 1 aromatic carbocycles. The largest absolute Gasteiger partial charge is 0.492 e. The molecule has 0 spiro atoms. The molecule has 3 aliphatic heterocycles. The van der Waals surface area contributed by atoms with Crippen LogP contribution in [0.3, 0.4) is 0 Å². The molecular formula is C29H39NO7. The van der Waals surface area contributed by atoms with Crippen LogP contribution in [0.4, 0.5) is 0 Å². The van der Waals surface area contributed by atoms with Crippen molar-refractivity contribution in [1.82, 2.24) is 4.90 Å². The number of cyclic esters (lactones) is 1. The van der Waals surface area contributed by atoms with Crippen molar-refractivity contribution >= 4 is 17.8 Å². The Morgan fingerprint density at radius 1 is 1.08 bits per heavy atom. The highest BCUT2D eigenvalue weighted by molar-refractivity contribution is 5.96. The molecule has 8 heteroatoms. The molecule has 1 unspecified atom stereocenters. The van der Waals surface area contributed by atoms with Crippen molar-refractivity contribution in [2.45, 2.75) is 65.1 Å². The van der Waals surface area contributed by atoms with Crippen LogP contribution in [0, 0.1) is 12.8 Å². The second kappa shape index (κ2) is 11.9. The number of nitrogens with zero attached hydrogens (tertiary/aromatic N) is 1.